The summed E-state index contributed by atoms with van der Waals surface area (Å²) in [6.45, 7) is 3.43. The first kappa shape index (κ1) is 15.0. The molecule has 0 aliphatic rings. The van der Waals surface area contributed by atoms with Crippen LogP contribution in [0.2, 0.25) is 0 Å². The molecule has 0 atom stereocenters. The van der Waals surface area contributed by atoms with Crippen molar-refractivity contribution in [2.75, 3.05) is 19.7 Å². The van der Waals surface area contributed by atoms with E-state index < -0.39 is 5.97 Å². The van der Waals surface area contributed by atoms with Gasteiger partial charge in [-0.15, -0.1) is 0 Å². The maximum Gasteiger partial charge on any atom is 0.339 e. The number of para-hydroxylation sites is 1. The summed E-state index contributed by atoms with van der Waals surface area (Å²) in [6.07, 6.45) is 0.670. The van der Waals surface area contributed by atoms with Gasteiger partial charge in [0.1, 0.15) is 17.9 Å². The van der Waals surface area contributed by atoms with Crippen molar-refractivity contribution in [2.24, 2.45) is 0 Å². The molecule has 0 aliphatic carbocycles. The Labute approximate surface area is 121 Å². The number of carboxylic acid groups (broad SMARTS) is 1. The van der Waals surface area contributed by atoms with Crippen LogP contribution in [-0.2, 0) is 6.42 Å². The average Bonchev–Trinajstić information content (AvgIpc) is 2.88. The molecule has 2 rings (SSSR count). The Morgan fingerprint density at radius 2 is 2.19 bits per heavy atom. The first-order valence-corrected chi connectivity index (χ1v) is 6.62. The van der Waals surface area contributed by atoms with Crippen molar-refractivity contribution in [1.29, 1.82) is 0 Å². The predicted octanol–water partition coefficient (Wildman–Crippen LogP) is 1.29. The molecule has 2 N–H and O–H groups in total. The minimum atomic E-state index is -0.994. The van der Waals surface area contributed by atoms with Crippen molar-refractivity contribution < 1.29 is 19.2 Å². The summed E-state index contributed by atoms with van der Waals surface area (Å²) in [4.78, 5) is 15.1. The van der Waals surface area contributed by atoms with Gasteiger partial charge in [-0.25, -0.2) is 4.79 Å². The lowest BCUT2D eigenvalue weighted by Crippen LogP contribution is -2.24. The zero-order chi connectivity index (χ0) is 15.1. The minimum Gasteiger partial charge on any atom is -0.491 e. The van der Waals surface area contributed by atoms with Gasteiger partial charge in [-0.3, -0.25) is 0 Å². The summed E-state index contributed by atoms with van der Waals surface area (Å²) in [5, 5.41) is 16.0. The molecule has 1 heterocycles. The van der Waals surface area contributed by atoms with E-state index >= 15 is 0 Å². The van der Waals surface area contributed by atoms with E-state index in [4.69, 9.17) is 14.4 Å². The molecule has 0 spiro atoms. The quantitative estimate of drug-likeness (QED) is 0.707. The van der Waals surface area contributed by atoms with E-state index in [1.807, 2.05) is 0 Å². The van der Waals surface area contributed by atoms with Crippen LogP contribution in [0.1, 0.15) is 22.1 Å². The summed E-state index contributed by atoms with van der Waals surface area (Å²) in [7, 11) is 0. The Morgan fingerprint density at radius 3 is 2.90 bits per heavy atom. The Hall–Kier alpha value is -2.41. The van der Waals surface area contributed by atoms with E-state index in [0.717, 1.165) is 0 Å². The van der Waals surface area contributed by atoms with Crippen LogP contribution in [0.25, 0.3) is 0 Å². The molecule has 0 amide bonds. The lowest BCUT2D eigenvalue weighted by atomic mass is 10.2. The summed E-state index contributed by atoms with van der Waals surface area (Å²) in [5.41, 5.74) is 0.166. The average molecular weight is 291 g/mol. The number of nitrogens with zero attached hydrogens (tertiary/aromatic N) is 2. The van der Waals surface area contributed by atoms with Crippen molar-refractivity contribution in [1.82, 2.24) is 15.5 Å². The molecule has 7 heteroatoms. The van der Waals surface area contributed by atoms with E-state index in [1.165, 1.54) is 6.07 Å². The fourth-order valence-corrected chi connectivity index (χ4v) is 1.77. The van der Waals surface area contributed by atoms with Crippen LogP contribution in [0.3, 0.4) is 0 Å². The smallest absolute Gasteiger partial charge is 0.339 e. The number of nitrogens with one attached hydrogen (secondary N) is 1. The number of aromatic carboxylic acids is 1. The fourth-order valence-electron chi connectivity index (χ4n) is 1.77. The molecule has 0 radical (unpaired) electrons. The maximum absolute atomic E-state index is 11.0. The van der Waals surface area contributed by atoms with Crippen molar-refractivity contribution in [2.45, 2.75) is 13.3 Å². The number of ether oxygens (including phenoxy) is 1. The Balaban J connectivity index is 1.67. The summed E-state index contributed by atoms with van der Waals surface area (Å²) in [5.74, 6) is 0.599. The fraction of sp³-hybridized carbons (Fsp3) is 0.357. The molecule has 21 heavy (non-hydrogen) atoms. The molecule has 0 saturated carbocycles. The van der Waals surface area contributed by atoms with Gasteiger partial charge in [0, 0.05) is 26.4 Å². The topological polar surface area (TPSA) is 97.5 Å². The Bertz CT molecular complexity index is 597. The van der Waals surface area contributed by atoms with Gasteiger partial charge in [0.15, 0.2) is 5.82 Å². The van der Waals surface area contributed by atoms with Crippen LogP contribution in [0.15, 0.2) is 28.8 Å². The third-order valence-corrected chi connectivity index (χ3v) is 2.75. The molecule has 0 bridgehead atoms. The monoisotopic (exact) mass is 291 g/mol. The number of hydrogen-bond acceptors (Lipinski definition) is 6. The van der Waals surface area contributed by atoms with E-state index in [0.29, 0.717) is 43.6 Å². The minimum absolute atomic E-state index is 0.166. The second kappa shape index (κ2) is 7.39. The van der Waals surface area contributed by atoms with Crippen molar-refractivity contribution in [3.8, 4) is 5.75 Å². The van der Waals surface area contributed by atoms with Gasteiger partial charge in [0.2, 0.25) is 5.89 Å². The number of carboxylic acids is 1. The first-order valence-electron chi connectivity index (χ1n) is 6.62. The van der Waals surface area contributed by atoms with Crippen LogP contribution in [0.4, 0.5) is 0 Å². The summed E-state index contributed by atoms with van der Waals surface area (Å²) >= 11 is 0. The molecule has 1 aromatic carbocycles. The largest absolute Gasteiger partial charge is 0.491 e. The van der Waals surface area contributed by atoms with Gasteiger partial charge >= 0.3 is 5.97 Å². The van der Waals surface area contributed by atoms with Gasteiger partial charge in [-0.2, -0.15) is 4.98 Å². The highest BCUT2D eigenvalue weighted by Crippen LogP contribution is 2.17. The van der Waals surface area contributed by atoms with Crippen LogP contribution < -0.4 is 10.1 Å². The van der Waals surface area contributed by atoms with E-state index in [2.05, 4.69) is 15.5 Å². The standard InChI is InChI=1S/C14H17N3O4/c1-10-16-13(17-21-10)6-7-15-8-9-20-12-5-3-2-4-11(12)14(18)19/h2-5,15H,6-9H2,1H3,(H,18,19). The second-order valence-corrected chi connectivity index (χ2v) is 4.38. The second-order valence-electron chi connectivity index (χ2n) is 4.38. The molecule has 112 valence electrons. The Morgan fingerprint density at radius 1 is 1.38 bits per heavy atom. The van der Waals surface area contributed by atoms with Crippen LogP contribution in [0, 0.1) is 6.92 Å². The zero-order valence-corrected chi connectivity index (χ0v) is 11.7. The summed E-state index contributed by atoms with van der Waals surface area (Å²) < 4.78 is 10.3. The van der Waals surface area contributed by atoms with E-state index in [1.54, 1.807) is 25.1 Å². The molecule has 0 unspecified atom stereocenters. The van der Waals surface area contributed by atoms with Crippen molar-refractivity contribution in [3.63, 3.8) is 0 Å². The van der Waals surface area contributed by atoms with Crippen LogP contribution in [0.5, 0.6) is 5.75 Å². The third-order valence-electron chi connectivity index (χ3n) is 2.75. The van der Waals surface area contributed by atoms with Gasteiger partial charge in [-0.1, -0.05) is 17.3 Å². The lowest BCUT2D eigenvalue weighted by Gasteiger charge is -2.09. The van der Waals surface area contributed by atoms with E-state index in [-0.39, 0.29) is 5.56 Å². The number of hydrogen-bond donors (Lipinski definition) is 2. The highest BCUT2D eigenvalue weighted by molar-refractivity contribution is 5.90. The van der Waals surface area contributed by atoms with Gasteiger partial charge in [0.25, 0.3) is 0 Å². The van der Waals surface area contributed by atoms with Gasteiger partial charge in [0.05, 0.1) is 0 Å². The molecule has 0 fully saturated rings. The molecule has 2 aromatic rings. The normalized spacial score (nSPS) is 10.5. The highest BCUT2D eigenvalue weighted by Gasteiger charge is 2.09. The van der Waals surface area contributed by atoms with Crippen molar-refractivity contribution >= 4 is 5.97 Å². The summed E-state index contributed by atoms with van der Waals surface area (Å²) in [6, 6.07) is 6.57. The molecular weight excluding hydrogens is 274 g/mol. The first-order chi connectivity index (χ1) is 10.2. The number of benzene rings is 1. The van der Waals surface area contributed by atoms with Gasteiger partial charge < -0.3 is 19.7 Å². The molecule has 0 saturated heterocycles. The maximum atomic E-state index is 11.0. The number of rotatable bonds is 8. The van der Waals surface area contributed by atoms with Crippen LogP contribution >= 0.6 is 0 Å². The predicted molar refractivity (Wildman–Crippen MR) is 74.5 cm³/mol. The molecular formula is C14H17N3O4. The van der Waals surface area contributed by atoms with E-state index in [9.17, 15) is 4.79 Å². The van der Waals surface area contributed by atoms with Gasteiger partial charge in [-0.05, 0) is 12.1 Å². The highest BCUT2D eigenvalue weighted by atomic mass is 16.5. The molecule has 7 nitrogen and oxygen atoms in total. The zero-order valence-electron chi connectivity index (χ0n) is 11.7. The van der Waals surface area contributed by atoms with Crippen LogP contribution in [-0.4, -0.2) is 40.9 Å². The number of carbonyl (C=O) groups is 1. The lowest BCUT2D eigenvalue weighted by molar-refractivity contribution is 0.0692. The third kappa shape index (κ3) is 4.57. The molecule has 0 aliphatic heterocycles. The van der Waals surface area contributed by atoms with Crippen molar-refractivity contribution in [3.05, 3.63) is 41.5 Å². The SMILES string of the molecule is Cc1nc(CCNCCOc2ccccc2C(=O)O)no1. The molecule has 1 aromatic heterocycles. The Kier molecular flexibility index (Phi) is 5.28. The number of aromatic nitrogens is 2. The number of aryl methyl sites for hydroxylation is 1.